The van der Waals surface area contributed by atoms with Gasteiger partial charge < -0.3 is 15.4 Å². The molecule has 2 aromatic carbocycles. The van der Waals surface area contributed by atoms with E-state index in [4.69, 9.17) is 4.74 Å². The predicted octanol–water partition coefficient (Wildman–Crippen LogP) is 3.90. The zero-order valence-electron chi connectivity index (χ0n) is 15.7. The van der Waals surface area contributed by atoms with Crippen molar-refractivity contribution in [2.24, 2.45) is 5.92 Å². The van der Waals surface area contributed by atoms with Crippen molar-refractivity contribution in [2.75, 3.05) is 11.9 Å². The van der Waals surface area contributed by atoms with E-state index in [-0.39, 0.29) is 5.92 Å². The molecule has 0 aliphatic rings. The Morgan fingerprint density at radius 1 is 1.00 bits per heavy atom. The second-order valence-electron chi connectivity index (χ2n) is 6.36. The van der Waals surface area contributed by atoms with Crippen LogP contribution in [0.1, 0.15) is 31.1 Å². The largest absolute Gasteiger partial charge is 0.494 e. The Kier molecular flexibility index (Phi) is 7.03. The van der Waals surface area contributed by atoms with Crippen molar-refractivity contribution in [3.8, 4) is 5.75 Å². The maximum absolute atomic E-state index is 13.8. The number of halogens is 3. The fourth-order valence-corrected chi connectivity index (χ4v) is 2.46. The molecule has 2 rings (SSSR count). The summed E-state index contributed by atoms with van der Waals surface area (Å²) in [6.07, 6.45) is 0. The molecule has 0 bridgehead atoms. The van der Waals surface area contributed by atoms with Crippen LogP contribution < -0.4 is 15.4 Å². The van der Waals surface area contributed by atoms with Gasteiger partial charge in [-0.05, 0) is 49.2 Å². The summed E-state index contributed by atoms with van der Waals surface area (Å²) in [6, 6.07) is 6.94. The molecular weight excluding hydrogens is 373 g/mol. The average molecular weight is 394 g/mol. The topological polar surface area (TPSA) is 67.4 Å². The van der Waals surface area contributed by atoms with Crippen molar-refractivity contribution in [1.29, 1.82) is 0 Å². The summed E-state index contributed by atoms with van der Waals surface area (Å²) in [7, 11) is 0. The van der Waals surface area contributed by atoms with Gasteiger partial charge in [-0.15, -0.1) is 0 Å². The lowest BCUT2D eigenvalue weighted by molar-refractivity contribution is -0.118. The lowest BCUT2D eigenvalue weighted by atomic mass is 10.0. The fourth-order valence-electron chi connectivity index (χ4n) is 2.46. The molecule has 0 unspecified atom stereocenters. The van der Waals surface area contributed by atoms with Gasteiger partial charge in [-0.25, -0.2) is 13.2 Å². The molecule has 0 heterocycles. The third-order valence-corrected chi connectivity index (χ3v) is 3.96. The van der Waals surface area contributed by atoms with E-state index in [1.54, 1.807) is 38.1 Å². The van der Waals surface area contributed by atoms with Gasteiger partial charge in [-0.1, -0.05) is 13.8 Å². The van der Waals surface area contributed by atoms with Crippen LogP contribution in [0.4, 0.5) is 18.9 Å². The van der Waals surface area contributed by atoms with Gasteiger partial charge >= 0.3 is 0 Å². The van der Waals surface area contributed by atoms with Crippen molar-refractivity contribution in [3.63, 3.8) is 0 Å². The molecule has 0 saturated carbocycles. The number of ether oxygens (including phenoxy) is 1. The zero-order valence-corrected chi connectivity index (χ0v) is 15.7. The standard InChI is InChI=1S/C20H21F3N2O3/c1-4-28-13-7-5-12(6-8-13)19(26)25-18(11(2)3)20(27)24-15-10-9-14(21)16(22)17(15)23/h5-11,18H,4H2,1-3H3,(H,24,27)(H,25,26)/t18-/m0/s1. The molecule has 150 valence electrons. The second-order valence-corrected chi connectivity index (χ2v) is 6.36. The Balaban J connectivity index is 2.13. The fraction of sp³-hybridized carbons (Fsp3) is 0.300. The number of hydrogen-bond donors (Lipinski definition) is 2. The minimum atomic E-state index is -1.68. The Bertz CT molecular complexity index is 855. The Labute approximate surface area is 160 Å². The molecule has 1 atom stereocenters. The van der Waals surface area contributed by atoms with Crippen molar-refractivity contribution in [1.82, 2.24) is 5.32 Å². The summed E-state index contributed by atoms with van der Waals surface area (Å²) in [5, 5.41) is 4.75. The number of amides is 2. The van der Waals surface area contributed by atoms with Crippen LogP contribution in [0.5, 0.6) is 5.75 Å². The Morgan fingerprint density at radius 2 is 1.64 bits per heavy atom. The van der Waals surface area contributed by atoms with E-state index in [0.29, 0.717) is 24.0 Å². The molecular formula is C20H21F3N2O3. The zero-order chi connectivity index (χ0) is 20.8. The molecule has 0 saturated heterocycles. The van der Waals surface area contributed by atoms with Gasteiger partial charge in [0.2, 0.25) is 5.91 Å². The van der Waals surface area contributed by atoms with Gasteiger partial charge in [0.15, 0.2) is 17.5 Å². The molecule has 8 heteroatoms. The van der Waals surface area contributed by atoms with Crippen molar-refractivity contribution < 1.29 is 27.5 Å². The lowest BCUT2D eigenvalue weighted by Crippen LogP contribution is -2.47. The van der Waals surface area contributed by atoms with Gasteiger partial charge in [0.25, 0.3) is 5.91 Å². The van der Waals surface area contributed by atoms with Crippen LogP contribution in [0.25, 0.3) is 0 Å². The van der Waals surface area contributed by atoms with Crippen LogP contribution in [0.3, 0.4) is 0 Å². The molecule has 0 aliphatic carbocycles. The summed E-state index contributed by atoms with van der Waals surface area (Å²) in [6.45, 7) is 5.69. The molecule has 0 spiro atoms. The molecule has 5 nitrogen and oxygen atoms in total. The number of carbonyl (C=O) groups is 2. The van der Waals surface area contributed by atoms with Gasteiger partial charge in [0.05, 0.1) is 12.3 Å². The molecule has 0 radical (unpaired) electrons. The Hall–Kier alpha value is -3.03. The van der Waals surface area contributed by atoms with Crippen LogP contribution in [0, 0.1) is 23.4 Å². The van der Waals surface area contributed by atoms with Crippen LogP contribution in [0.2, 0.25) is 0 Å². The van der Waals surface area contributed by atoms with E-state index >= 15 is 0 Å². The first kappa shape index (κ1) is 21.3. The van der Waals surface area contributed by atoms with Gasteiger partial charge in [-0.2, -0.15) is 0 Å². The molecule has 0 fully saturated rings. The van der Waals surface area contributed by atoms with E-state index in [2.05, 4.69) is 10.6 Å². The van der Waals surface area contributed by atoms with Gasteiger partial charge in [-0.3, -0.25) is 9.59 Å². The second kappa shape index (κ2) is 9.25. The maximum atomic E-state index is 13.8. The van der Waals surface area contributed by atoms with Crippen LogP contribution >= 0.6 is 0 Å². The summed E-state index contributed by atoms with van der Waals surface area (Å²) >= 11 is 0. The monoisotopic (exact) mass is 394 g/mol. The van der Waals surface area contributed by atoms with E-state index in [1.807, 2.05) is 6.92 Å². The van der Waals surface area contributed by atoms with Crippen LogP contribution in [-0.4, -0.2) is 24.5 Å². The highest BCUT2D eigenvalue weighted by Crippen LogP contribution is 2.20. The molecule has 2 N–H and O–H groups in total. The molecule has 28 heavy (non-hydrogen) atoms. The Morgan fingerprint density at radius 3 is 2.21 bits per heavy atom. The number of nitrogens with one attached hydrogen (secondary N) is 2. The minimum Gasteiger partial charge on any atom is -0.494 e. The highest BCUT2D eigenvalue weighted by Gasteiger charge is 2.26. The SMILES string of the molecule is CCOc1ccc(C(=O)N[C@H](C(=O)Nc2ccc(F)c(F)c2F)C(C)C)cc1. The van der Waals surface area contributed by atoms with Gasteiger partial charge in [0.1, 0.15) is 11.8 Å². The molecule has 2 aromatic rings. The van der Waals surface area contributed by atoms with Crippen LogP contribution in [-0.2, 0) is 4.79 Å². The molecule has 2 amide bonds. The summed E-state index contributed by atoms with van der Waals surface area (Å²) in [5.74, 6) is -5.56. The average Bonchev–Trinajstić information content (AvgIpc) is 2.66. The number of hydrogen-bond acceptors (Lipinski definition) is 3. The van der Waals surface area contributed by atoms with Crippen molar-refractivity contribution in [2.45, 2.75) is 26.8 Å². The van der Waals surface area contributed by atoms with E-state index in [0.717, 1.165) is 6.07 Å². The maximum Gasteiger partial charge on any atom is 0.251 e. The number of anilines is 1. The minimum absolute atomic E-state index is 0.306. The molecule has 0 aliphatic heterocycles. The third-order valence-electron chi connectivity index (χ3n) is 3.96. The highest BCUT2D eigenvalue weighted by atomic mass is 19.2. The predicted molar refractivity (Wildman–Crippen MR) is 98.6 cm³/mol. The number of benzene rings is 2. The molecule has 0 aromatic heterocycles. The normalized spacial score (nSPS) is 11.8. The summed E-state index contributed by atoms with van der Waals surface area (Å²) in [4.78, 5) is 24.9. The first-order valence-electron chi connectivity index (χ1n) is 8.72. The summed E-state index contributed by atoms with van der Waals surface area (Å²) in [5.41, 5.74) is -0.203. The number of rotatable bonds is 7. The van der Waals surface area contributed by atoms with Crippen LogP contribution in [0.15, 0.2) is 36.4 Å². The number of carbonyl (C=O) groups excluding carboxylic acids is 2. The third kappa shape index (κ3) is 5.03. The highest BCUT2D eigenvalue weighted by molar-refractivity contribution is 6.01. The van der Waals surface area contributed by atoms with Gasteiger partial charge in [0, 0.05) is 5.56 Å². The quantitative estimate of drug-likeness (QED) is 0.700. The van der Waals surface area contributed by atoms with Crippen molar-refractivity contribution >= 4 is 17.5 Å². The van der Waals surface area contributed by atoms with E-state index < -0.39 is 41.0 Å². The lowest BCUT2D eigenvalue weighted by Gasteiger charge is -2.22. The van der Waals surface area contributed by atoms with Crippen molar-refractivity contribution in [3.05, 3.63) is 59.4 Å². The first-order chi connectivity index (χ1) is 13.2. The first-order valence-corrected chi connectivity index (χ1v) is 8.72. The van der Waals surface area contributed by atoms with E-state index in [1.165, 1.54) is 0 Å². The summed E-state index contributed by atoms with van der Waals surface area (Å²) < 4.78 is 45.5. The van der Waals surface area contributed by atoms with E-state index in [9.17, 15) is 22.8 Å². The smallest absolute Gasteiger partial charge is 0.251 e.